The van der Waals surface area contributed by atoms with Crippen molar-refractivity contribution in [3.63, 3.8) is 0 Å². The van der Waals surface area contributed by atoms with Gasteiger partial charge in [0.2, 0.25) is 0 Å². The van der Waals surface area contributed by atoms with Crippen LogP contribution in [0.5, 0.6) is 5.75 Å². The number of hydrogen-bond acceptors (Lipinski definition) is 4. The Morgan fingerprint density at radius 1 is 1.33 bits per heavy atom. The van der Waals surface area contributed by atoms with E-state index in [0.717, 1.165) is 12.8 Å². The zero-order valence-electron chi connectivity index (χ0n) is 11.6. The molecule has 1 fully saturated rings. The van der Waals surface area contributed by atoms with Crippen LogP contribution < -0.4 is 10.6 Å². The first-order chi connectivity index (χ1) is 9.97. The predicted molar refractivity (Wildman–Crippen MR) is 77.3 cm³/mol. The van der Waals surface area contributed by atoms with Crippen molar-refractivity contribution in [1.82, 2.24) is 4.90 Å². The monoisotopic (exact) mass is 293 g/mol. The van der Waals surface area contributed by atoms with Crippen LogP contribution >= 0.6 is 0 Å². The normalized spacial score (nSPS) is 18.3. The Bertz CT molecular complexity index is 517. The summed E-state index contributed by atoms with van der Waals surface area (Å²) < 4.78 is 0. The third-order valence-corrected chi connectivity index (χ3v) is 3.41. The van der Waals surface area contributed by atoms with Crippen LogP contribution in [0.15, 0.2) is 24.3 Å². The van der Waals surface area contributed by atoms with Gasteiger partial charge in [0.15, 0.2) is 0 Å². The molecule has 21 heavy (non-hydrogen) atoms. The Morgan fingerprint density at radius 2 is 2.00 bits per heavy atom. The quantitative estimate of drug-likeness (QED) is 0.765. The van der Waals surface area contributed by atoms with E-state index in [-0.39, 0.29) is 17.8 Å². The van der Waals surface area contributed by atoms with Gasteiger partial charge in [-0.2, -0.15) is 0 Å². The van der Waals surface area contributed by atoms with Crippen molar-refractivity contribution in [2.45, 2.75) is 18.9 Å². The minimum absolute atomic E-state index is 0.0569. The number of phenols is 1. The lowest BCUT2D eigenvalue weighted by Gasteiger charge is -2.34. The van der Waals surface area contributed by atoms with Crippen LogP contribution in [0.4, 0.5) is 10.5 Å². The molecule has 1 aromatic carbocycles. The minimum Gasteiger partial charge on any atom is -0.508 e. The molecule has 2 rings (SSSR count). The molecule has 1 aliphatic rings. The zero-order valence-corrected chi connectivity index (χ0v) is 11.6. The van der Waals surface area contributed by atoms with Crippen molar-refractivity contribution < 1.29 is 19.8 Å². The van der Waals surface area contributed by atoms with Crippen LogP contribution in [0.3, 0.4) is 0 Å². The van der Waals surface area contributed by atoms with Gasteiger partial charge < -0.3 is 20.8 Å². The Morgan fingerprint density at radius 3 is 2.57 bits per heavy atom. The number of urea groups is 1. The number of anilines is 1. The highest BCUT2D eigenvalue weighted by atomic mass is 16.4. The largest absolute Gasteiger partial charge is 0.508 e. The molecular formula is C14H19N3O4. The molecule has 1 saturated heterocycles. The number of aliphatic carboxylic acids is 1. The molecule has 7 heteroatoms. The van der Waals surface area contributed by atoms with Crippen molar-refractivity contribution in [2.24, 2.45) is 5.73 Å². The van der Waals surface area contributed by atoms with Gasteiger partial charge in [0.25, 0.3) is 0 Å². The highest BCUT2D eigenvalue weighted by Crippen LogP contribution is 2.21. The van der Waals surface area contributed by atoms with Gasteiger partial charge in [0.1, 0.15) is 12.3 Å². The van der Waals surface area contributed by atoms with Gasteiger partial charge in [-0.1, -0.05) is 0 Å². The smallest absolute Gasteiger partial charge is 0.325 e. The second-order valence-corrected chi connectivity index (χ2v) is 5.13. The molecule has 1 aliphatic heterocycles. The summed E-state index contributed by atoms with van der Waals surface area (Å²) in [5.74, 6) is -1.04. The maximum atomic E-state index is 12.5. The molecule has 0 aliphatic carbocycles. The van der Waals surface area contributed by atoms with Crippen LogP contribution in [-0.2, 0) is 4.79 Å². The molecule has 7 nitrogen and oxygen atoms in total. The van der Waals surface area contributed by atoms with Gasteiger partial charge >= 0.3 is 12.0 Å². The maximum absolute atomic E-state index is 12.5. The van der Waals surface area contributed by atoms with Crippen molar-refractivity contribution in [3.05, 3.63) is 24.3 Å². The lowest BCUT2D eigenvalue weighted by atomic mass is 10.1. The van der Waals surface area contributed by atoms with Crippen molar-refractivity contribution in [1.29, 1.82) is 0 Å². The second-order valence-electron chi connectivity index (χ2n) is 5.13. The van der Waals surface area contributed by atoms with E-state index in [9.17, 15) is 14.7 Å². The molecule has 1 aromatic rings. The number of phenolic OH excluding ortho intramolecular Hbond substituents is 1. The van der Waals surface area contributed by atoms with E-state index in [1.165, 1.54) is 29.2 Å². The van der Waals surface area contributed by atoms with Crippen LogP contribution in [-0.4, -0.2) is 52.8 Å². The summed E-state index contributed by atoms with van der Waals surface area (Å²) in [4.78, 5) is 26.3. The van der Waals surface area contributed by atoms with Gasteiger partial charge in [-0.05, 0) is 37.1 Å². The fourth-order valence-corrected chi connectivity index (χ4v) is 2.39. The maximum Gasteiger partial charge on any atom is 0.325 e. The van der Waals surface area contributed by atoms with Gasteiger partial charge in [-0.15, -0.1) is 0 Å². The van der Waals surface area contributed by atoms with E-state index >= 15 is 0 Å². The van der Waals surface area contributed by atoms with Crippen LogP contribution in [0.1, 0.15) is 12.8 Å². The summed E-state index contributed by atoms with van der Waals surface area (Å²) >= 11 is 0. The number of carboxylic acids is 1. The molecule has 0 radical (unpaired) electrons. The number of carbonyl (C=O) groups excluding carboxylic acids is 1. The van der Waals surface area contributed by atoms with Crippen molar-refractivity contribution in [2.75, 3.05) is 24.5 Å². The number of benzene rings is 1. The Labute approximate surface area is 122 Å². The number of aromatic hydroxyl groups is 1. The van der Waals surface area contributed by atoms with E-state index in [0.29, 0.717) is 18.8 Å². The Hall–Kier alpha value is -2.28. The molecular weight excluding hydrogens is 274 g/mol. The number of piperidine rings is 1. The highest BCUT2D eigenvalue weighted by Gasteiger charge is 2.27. The Kier molecular flexibility index (Phi) is 4.64. The summed E-state index contributed by atoms with van der Waals surface area (Å²) in [5, 5.41) is 18.3. The van der Waals surface area contributed by atoms with Crippen LogP contribution in [0.2, 0.25) is 0 Å². The topological polar surface area (TPSA) is 107 Å². The number of carbonyl (C=O) groups is 2. The molecule has 1 unspecified atom stereocenters. The number of rotatable bonds is 3. The lowest BCUT2D eigenvalue weighted by Crippen LogP contribution is -2.52. The SMILES string of the molecule is NC1CCCN(C(=O)N(CC(=O)O)c2ccc(O)cc2)C1. The van der Waals surface area contributed by atoms with E-state index in [2.05, 4.69) is 0 Å². The molecule has 0 aromatic heterocycles. The minimum atomic E-state index is -1.10. The van der Waals surface area contributed by atoms with Gasteiger partial charge in [0.05, 0.1) is 0 Å². The fraction of sp³-hybridized carbons (Fsp3) is 0.429. The molecule has 2 amide bonds. The van der Waals surface area contributed by atoms with Crippen molar-refractivity contribution in [3.8, 4) is 5.75 Å². The van der Waals surface area contributed by atoms with Gasteiger partial charge in [-0.25, -0.2) is 4.79 Å². The van der Waals surface area contributed by atoms with Gasteiger partial charge in [0, 0.05) is 24.8 Å². The molecule has 114 valence electrons. The number of nitrogens with zero attached hydrogens (tertiary/aromatic N) is 2. The first kappa shape index (κ1) is 15.1. The first-order valence-corrected chi connectivity index (χ1v) is 6.80. The van der Waals surface area contributed by atoms with E-state index in [1.54, 1.807) is 4.90 Å². The highest BCUT2D eigenvalue weighted by molar-refractivity contribution is 5.96. The van der Waals surface area contributed by atoms with Crippen molar-refractivity contribution >= 4 is 17.7 Å². The number of nitrogens with two attached hydrogens (primary N) is 1. The average molecular weight is 293 g/mol. The number of carboxylic acid groups (broad SMARTS) is 1. The third-order valence-electron chi connectivity index (χ3n) is 3.41. The fourth-order valence-electron chi connectivity index (χ4n) is 2.39. The first-order valence-electron chi connectivity index (χ1n) is 6.80. The molecule has 0 bridgehead atoms. The van der Waals surface area contributed by atoms with Crippen LogP contribution in [0.25, 0.3) is 0 Å². The molecule has 0 spiro atoms. The zero-order chi connectivity index (χ0) is 15.4. The molecule has 0 saturated carbocycles. The van der Waals surface area contributed by atoms with Crippen LogP contribution in [0, 0.1) is 0 Å². The second kappa shape index (κ2) is 6.45. The average Bonchev–Trinajstić information content (AvgIpc) is 2.45. The molecule has 1 atom stereocenters. The predicted octanol–water partition coefficient (Wildman–Crippen LogP) is 0.826. The molecule has 4 N–H and O–H groups in total. The number of hydrogen-bond donors (Lipinski definition) is 3. The van der Waals surface area contributed by atoms with E-state index in [4.69, 9.17) is 10.8 Å². The van der Waals surface area contributed by atoms with Gasteiger partial charge in [-0.3, -0.25) is 9.69 Å². The standard InChI is InChI=1S/C14H19N3O4/c15-10-2-1-7-16(8-10)14(21)17(9-13(19)20)11-3-5-12(18)6-4-11/h3-6,10,18H,1-2,7-9,15H2,(H,19,20). The summed E-state index contributed by atoms with van der Waals surface area (Å²) in [7, 11) is 0. The molecule has 1 heterocycles. The van der Waals surface area contributed by atoms with E-state index < -0.39 is 12.5 Å². The number of likely N-dealkylation sites (tertiary alicyclic amines) is 1. The lowest BCUT2D eigenvalue weighted by molar-refractivity contribution is -0.135. The van der Waals surface area contributed by atoms with E-state index in [1.807, 2.05) is 0 Å². The number of amides is 2. The summed E-state index contributed by atoms with van der Waals surface area (Å²) in [6.07, 6.45) is 1.67. The summed E-state index contributed by atoms with van der Waals surface area (Å²) in [5.41, 5.74) is 6.29. The Balaban J connectivity index is 2.20. The summed E-state index contributed by atoms with van der Waals surface area (Å²) in [6.45, 7) is 0.559. The summed E-state index contributed by atoms with van der Waals surface area (Å²) in [6, 6.07) is 5.41. The third kappa shape index (κ3) is 3.85.